The van der Waals surface area contributed by atoms with Crippen LogP contribution in [0.1, 0.15) is 17.8 Å². The van der Waals surface area contributed by atoms with Crippen molar-refractivity contribution in [2.45, 2.75) is 19.4 Å². The summed E-state index contributed by atoms with van der Waals surface area (Å²) >= 11 is 6.02. The molecule has 0 N–H and O–H groups in total. The third-order valence-corrected chi connectivity index (χ3v) is 7.02. The highest BCUT2D eigenvalue weighted by Crippen LogP contribution is 2.23. The van der Waals surface area contributed by atoms with Crippen LogP contribution >= 0.6 is 11.6 Å². The predicted molar refractivity (Wildman–Crippen MR) is 139 cm³/mol. The number of amides is 1. The minimum atomic E-state index is 0.168. The first kappa shape index (κ1) is 22.7. The molecule has 182 valence electrons. The predicted octanol–water partition coefficient (Wildman–Crippen LogP) is 3.97. The Labute approximate surface area is 213 Å². The smallest absolute Gasteiger partial charge is 0.223 e. The van der Waals surface area contributed by atoms with Gasteiger partial charge in [-0.1, -0.05) is 54.1 Å². The number of aromatic nitrogens is 5. The van der Waals surface area contributed by atoms with Gasteiger partial charge in [0.05, 0.1) is 5.69 Å². The number of aryl methyl sites for hydroxylation is 1. The SMILES string of the molecule is O=C(CCc1nnc2c3cc(-c4ccc(Cl)cc4)nn3ccn12)N1CCN(Cc2ccccc2)CC1. The van der Waals surface area contributed by atoms with E-state index in [0.717, 1.165) is 61.0 Å². The maximum Gasteiger partial charge on any atom is 0.223 e. The fraction of sp³-hybridized carbons (Fsp3) is 0.259. The van der Waals surface area contributed by atoms with Gasteiger partial charge in [-0.15, -0.1) is 10.2 Å². The van der Waals surface area contributed by atoms with Crippen LogP contribution in [0.3, 0.4) is 0 Å². The van der Waals surface area contributed by atoms with Gasteiger partial charge < -0.3 is 4.90 Å². The highest BCUT2D eigenvalue weighted by atomic mass is 35.5. The molecule has 6 rings (SSSR count). The van der Waals surface area contributed by atoms with Crippen LogP contribution in [-0.2, 0) is 17.8 Å². The summed E-state index contributed by atoms with van der Waals surface area (Å²) in [7, 11) is 0. The van der Waals surface area contributed by atoms with Gasteiger partial charge in [-0.05, 0) is 23.8 Å². The van der Waals surface area contributed by atoms with E-state index < -0.39 is 0 Å². The van der Waals surface area contributed by atoms with Gasteiger partial charge in [-0.25, -0.2) is 4.52 Å². The summed E-state index contributed by atoms with van der Waals surface area (Å²) in [6.07, 6.45) is 4.75. The molecule has 2 aromatic carbocycles. The Morgan fingerprint density at radius 3 is 2.47 bits per heavy atom. The minimum Gasteiger partial charge on any atom is -0.340 e. The zero-order valence-electron chi connectivity index (χ0n) is 19.8. The van der Waals surface area contributed by atoms with Crippen molar-refractivity contribution in [2.75, 3.05) is 26.2 Å². The molecule has 0 aliphatic carbocycles. The van der Waals surface area contributed by atoms with Crippen LogP contribution in [0.5, 0.6) is 0 Å². The third-order valence-electron chi connectivity index (χ3n) is 6.76. The van der Waals surface area contributed by atoms with Crippen LogP contribution in [0.2, 0.25) is 5.02 Å². The maximum absolute atomic E-state index is 12.9. The zero-order valence-corrected chi connectivity index (χ0v) is 20.6. The fourth-order valence-electron chi connectivity index (χ4n) is 4.77. The van der Waals surface area contributed by atoms with Crippen molar-refractivity contribution >= 4 is 28.7 Å². The van der Waals surface area contributed by atoms with E-state index in [1.54, 1.807) is 4.52 Å². The largest absolute Gasteiger partial charge is 0.340 e. The molecule has 36 heavy (non-hydrogen) atoms. The molecule has 9 heteroatoms. The summed E-state index contributed by atoms with van der Waals surface area (Å²) in [6.45, 7) is 4.23. The van der Waals surface area contributed by atoms with Gasteiger partial charge in [0.1, 0.15) is 11.3 Å². The number of hydrogen-bond acceptors (Lipinski definition) is 5. The summed E-state index contributed by atoms with van der Waals surface area (Å²) in [6, 6.07) is 20.1. The molecule has 0 radical (unpaired) electrons. The lowest BCUT2D eigenvalue weighted by atomic mass is 10.1. The molecule has 4 heterocycles. The van der Waals surface area contributed by atoms with E-state index in [-0.39, 0.29) is 5.91 Å². The molecular weight excluding hydrogens is 474 g/mol. The van der Waals surface area contributed by atoms with Crippen LogP contribution in [0.15, 0.2) is 73.1 Å². The van der Waals surface area contributed by atoms with Crippen LogP contribution in [0.4, 0.5) is 0 Å². The Bertz CT molecular complexity index is 1500. The van der Waals surface area contributed by atoms with E-state index in [1.165, 1.54) is 5.56 Å². The molecule has 8 nitrogen and oxygen atoms in total. The zero-order chi connectivity index (χ0) is 24.5. The Kier molecular flexibility index (Phi) is 6.13. The molecule has 0 saturated carbocycles. The molecule has 5 aromatic rings. The van der Waals surface area contributed by atoms with Crippen LogP contribution in [0.25, 0.3) is 22.4 Å². The quantitative estimate of drug-likeness (QED) is 0.353. The number of fused-ring (bicyclic) bond motifs is 3. The topological polar surface area (TPSA) is 71.0 Å². The Morgan fingerprint density at radius 1 is 0.917 bits per heavy atom. The van der Waals surface area contributed by atoms with Gasteiger partial charge in [0, 0.05) is 68.5 Å². The van der Waals surface area contributed by atoms with Crippen molar-refractivity contribution in [3.8, 4) is 11.3 Å². The van der Waals surface area contributed by atoms with Gasteiger partial charge >= 0.3 is 0 Å². The lowest BCUT2D eigenvalue weighted by Crippen LogP contribution is -2.48. The number of rotatable bonds is 6. The third kappa shape index (κ3) is 4.57. The van der Waals surface area contributed by atoms with Crippen LogP contribution < -0.4 is 0 Å². The number of carbonyl (C=O) groups excluding carboxylic acids is 1. The van der Waals surface area contributed by atoms with Crippen LogP contribution in [0, 0.1) is 0 Å². The van der Waals surface area contributed by atoms with Gasteiger partial charge in [0.15, 0.2) is 5.65 Å². The Hall–Kier alpha value is -3.75. The van der Waals surface area contributed by atoms with Crippen molar-refractivity contribution in [3.63, 3.8) is 0 Å². The second-order valence-electron chi connectivity index (χ2n) is 9.12. The first-order valence-corrected chi connectivity index (χ1v) is 12.5. The molecule has 0 bridgehead atoms. The average Bonchev–Trinajstić information content (AvgIpc) is 3.53. The highest BCUT2D eigenvalue weighted by molar-refractivity contribution is 6.30. The molecule has 0 unspecified atom stereocenters. The number of halogens is 1. The van der Waals surface area contributed by atoms with Crippen molar-refractivity contribution in [1.29, 1.82) is 0 Å². The van der Waals surface area contributed by atoms with E-state index in [1.807, 2.05) is 58.1 Å². The van der Waals surface area contributed by atoms with Crippen molar-refractivity contribution in [1.82, 2.24) is 34.0 Å². The van der Waals surface area contributed by atoms with Gasteiger partial charge in [-0.3, -0.25) is 14.1 Å². The standard InChI is InChI=1S/C27H26ClN7O/c28-22-8-6-21(7-9-22)23-18-24-27-30-29-25(34(27)16-17-35(24)31-23)10-11-26(36)33-14-12-32(13-15-33)19-20-4-2-1-3-5-20/h1-9,16-18H,10-15,19H2. The van der Waals surface area contributed by atoms with Crippen molar-refractivity contribution < 1.29 is 4.79 Å². The molecule has 1 fully saturated rings. The minimum absolute atomic E-state index is 0.168. The lowest BCUT2D eigenvalue weighted by Gasteiger charge is -2.34. The fourth-order valence-corrected chi connectivity index (χ4v) is 4.89. The Balaban J connectivity index is 1.10. The lowest BCUT2D eigenvalue weighted by molar-refractivity contribution is -0.133. The highest BCUT2D eigenvalue weighted by Gasteiger charge is 2.22. The summed E-state index contributed by atoms with van der Waals surface area (Å²) < 4.78 is 3.76. The number of benzene rings is 2. The van der Waals surface area contributed by atoms with E-state index >= 15 is 0 Å². The molecule has 1 aliphatic rings. The number of carbonyl (C=O) groups is 1. The second kappa shape index (κ2) is 9.72. The molecule has 0 atom stereocenters. The van der Waals surface area contributed by atoms with E-state index in [4.69, 9.17) is 11.6 Å². The van der Waals surface area contributed by atoms with Gasteiger partial charge in [0.2, 0.25) is 5.91 Å². The summed E-state index contributed by atoms with van der Waals surface area (Å²) in [4.78, 5) is 17.3. The maximum atomic E-state index is 12.9. The van der Waals surface area contributed by atoms with Gasteiger partial charge in [-0.2, -0.15) is 5.10 Å². The molecule has 1 aliphatic heterocycles. The number of piperazine rings is 1. The summed E-state index contributed by atoms with van der Waals surface area (Å²) in [5.74, 6) is 0.944. The summed E-state index contributed by atoms with van der Waals surface area (Å²) in [5.41, 5.74) is 4.72. The van der Waals surface area contributed by atoms with Crippen molar-refractivity contribution in [3.05, 3.63) is 89.5 Å². The first-order valence-electron chi connectivity index (χ1n) is 12.2. The summed E-state index contributed by atoms with van der Waals surface area (Å²) in [5, 5.41) is 14.2. The molecule has 3 aromatic heterocycles. The second-order valence-corrected chi connectivity index (χ2v) is 9.55. The van der Waals surface area contributed by atoms with Crippen molar-refractivity contribution in [2.24, 2.45) is 0 Å². The number of hydrogen-bond donors (Lipinski definition) is 0. The molecule has 1 amide bonds. The van der Waals surface area contributed by atoms with E-state index in [9.17, 15) is 4.79 Å². The van der Waals surface area contributed by atoms with Gasteiger partial charge in [0.25, 0.3) is 0 Å². The normalized spacial score (nSPS) is 14.6. The monoisotopic (exact) mass is 499 g/mol. The Morgan fingerprint density at radius 2 is 1.69 bits per heavy atom. The van der Waals surface area contributed by atoms with E-state index in [2.05, 4.69) is 44.5 Å². The molecule has 1 saturated heterocycles. The average molecular weight is 500 g/mol. The molecular formula is C27H26ClN7O. The first-order chi connectivity index (χ1) is 17.6. The number of nitrogens with zero attached hydrogens (tertiary/aromatic N) is 7. The van der Waals surface area contributed by atoms with Crippen LogP contribution in [-0.4, -0.2) is 66.1 Å². The van der Waals surface area contributed by atoms with E-state index in [0.29, 0.717) is 17.9 Å². The molecule has 0 spiro atoms.